The highest BCUT2D eigenvalue weighted by Gasteiger charge is 2.32. The quantitative estimate of drug-likeness (QED) is 0.897. The first kappa shape index (κ1) is 13.5. The highest BCUT2D eigenvalue weighted by atomic mass is 32.2. The Balaban J connectivity index is 2.41. The van der Waals surface area contributed by atoms with Gasteiger partial charge < -0.3 is 5.32 Å². The van der Waals surface area contributed by atoms with Gasteiger partial charge in [0.25, 0.3) is 0 Å². The third-order valence-electron chi connectivity index (χ3n) is 3.35. The number of hydrogen-bond acceptors (Lipinski definition) is 3. The monoisotopic (exact) mass is 272 g/mol. The lowest BCUT2D eigenvalue weighted by molar-refractivity contribution is 0.384. The molecule has 0 spiro atoms. The van der Waals surface area contributed by atoms with Crippen LogP contribution in [0.5, 0.6) is 0 Å². The average molecular weight is 272 g/mol. The normalized spacial score (nSPS) is 20.6. The zero-order chi connectivity index (χ0) is 13.3. The van der Waals surface area contributed by atoms with E-state index in [-0.39, 0.29) is 10.9 Å². The Morgan fingerprint density at radius 2 is 2.17 bits per heavy atom. The van der Waals surface area contributed by atoms with Crippen molar-refractivity contribution in [3.8, 4) is 0 Å². The van der Waals surface area contributed by atoms with Crippen molar-refractivity contribution >= 4 is 10.0 Å². The molecular weight excluding hydrogens is 255 g/mol. The number of benzene rings is 1. The van der Waals surface area contributed by atoms with Crippen LogP contribution in [0.1, 0.15) is 12.0 Å². The summed E-state index contributed by atoms with van der Waals surface area (Å²) in [5.74, 6) is -0.687. The van der Waals surface area contributed by atoms with E-state index in [1.54, 1.807) is 13.0 Å². The first-order valence-electron chi connectivity index (χ1n) is 5.88. The van der Waals surface area contributed by atoms with Crippen LogP contribution in [0.4, 0.5) is 4.39 Å². The lowest BCUT2D eigenvalue weighted by Gasteiger charge is -2.24. The van der Waals surface area contributed by atoms with Crippen molar-refractivity contribution in [3.05, 3.63) is 29.6 Å². The molecule has 1 aromatic rings. The number of hydrogen-bond donors (Lipinski definition) is 1. The Labute approximate surface area is 107 Å². The Morgan fingerprint density at radius 1 is 1.44 bits per heavy atom. The number of aryl methyl sites for hydroxylation is 1. The fourth-order valence-electron chi connectivity index (χ4n) is 2.23. The van der Waals surface area contributed by atoms with Gasteiger partial charge in [-0.05, 0) is 31.5 Å². The van der Waals surface area contributed by atoms with Gasteiger partial charge in [-0.1, -0.05) is 12.1 Å². The third-order valence-corrected chi connectivity index (χ3v) is 5.44. The Kier molecular flexibility index (Phi) is 3.70. The Bertz CT molecular complexity index is 519. The molecule has 100 valence electrons. The van der Waals surface area contributed by atoms with Crippen LogP contribution >= 0.6 is 0 Å². The van der Waals surface area contributed by atoms with Crippen LogP contribution in [0.3, 0.4) is 0 Å². The van der Waals surface area contributed by atoms with Crippen molar-refractivity contribution < 1.29 is 12.8 Å². The van der Waals surface area contributed by atoms with Gasteiger partial charge in [0, 0.05) is 19.6 Å². The SMILES string of the molecule is Cc1cccc(F)c1S(=O)(=O)N(C)C1CCNC1. The number of nitrogens with one attached hydrogen (secondary N) is 1. The molecule has 1 unspecified atom stereocenters. The van der Waals surface area contributed by atoms with Crippen molar-refractivity contribution in [2.45, 2.75) is 24.3 Å². The van der Waals surface area contributed by atoms with Crippen LogP contribution < -0.4 is 5.32 Å². The van der Waals surface area contributed by atoms with E-state index < -0.39 is 15.8 Å². The minimum Gasteiger partial charge on any atom is -0.315 e. The van der Waals surface area contributed by atoms with Crippen molar-refractivity contribution in [1.82, 2.24) is 9.62 Å². The second-order valence-corrected chi connectivity index (χ2v) is 6.49. The van der Waals surface area contributed by atoms with Gasteiger partial charge in [-0.3, -0.25) is 0 Å². The summed E-state index contributed by atoms with van der Waals surface area (Å²) in [6.45, 7) is 3.01. The molecule has 0 aliphatic carbocycles. The summed E-state index contributed by atoms with van der Waals surface area (Å²) >= 11 is 0. The van der Waals surface area contributed by atoms with Crippen LogP contribution in [0.15, 0.2) is 23.1 Å². The molecule has 1 fully saturated rings. The molecule has 1 atom stereocenters. The summed E-state index contributed by atoms with van der Waals surface area (Å²) < 4.78 is 39.9. The molecule has 1 heterocycles. The van der Waals surface area contributed by atoms with E-state index in [0.29, 0.717) is 12.1 Å². The van der Waals surface area contributed by atoms with Crippen molar-refractivity contribution in [3.63, 3.8) is 0 Å². The zero-order valence-electron chi connectivity index (χ0n) is 10.5. The Hall–Kier alpha value is -0.980. The molecule has 0 radical (unpaired) electrons. The van der Waals surface area contributed by atoms with Crippen LogP contribution in [0.25, 0.3) is 0 Å². The smallest absolute Gasteiger partial charge is 0.246 e. The van der Waals surface area contributed by atoms with Crippen molar-refractivity contribution in [1.29, 1.82) is 0 Å². The van der Waals surface area contributed by atoms with E-state index in [0.717, 1.165) is 13.0 Å². The second kappa shape index (κ2) is 4.95. The van der Waals surface area contributed by atoms with Gasteiger partial charge in [0.05, 0.1) is 0 Å². The maximum absolute atomic E-state index is 13.8. The van der Waals surface area contributed by atoms with E-state index in [1.807, 2.05) is 0 Å². The lowest BCUT2D eigenvalue weighted by Crippen LogP contribution is -2.38. The van der Waals surface area contributed by atoms with E-state index in [4.69, 9.17) is 0 Å². The van der Waals surface area contributed by atoms with Crippen LogP contribution in [0, 0.1) is 12.7 Å². The number of nitrogens with zero attached hydrogens (tertiary/aromatic N) is 1. The molecule has 18 heavy (non-hydrogen) atoms. The molecule has 1 N–H and O–H groups in total. The van der Waals surface area contributed by atoms with Gasteiger partial charge in [0.15, 0.2) is 0 Å². The summed E-state index contributed by atoms with van der Waals surface area (Å²) in [7, 11) is -2.25. The summed E-state index contributed by atoms with van der Waals surface area (Å²) in [4.78, 5) is -0.209. The van der Waals surface area contributed by atoms with E-state index in [9.17, 15) is 12.8 Å². The maximum Gasteiger partial charge on any atom is 0.246 e. The van der Waals surface area contributed by atoms with Crippen molar-refractivity contribution in [2.24, 2.45) is 0 Å². The Morgan fingerprint density at radius 3 is 2.72 bits per heavy atom. The summed E-state index contributed by atoms with van der Waals surface area (Å²) in [5.41, 5.74) is 0.438. The van der Waals surface area contributed by atoms with Gasteiger partial charge in [-0.25, -0.2) is 12.8 Å². The first-order valence-corrected chi connectivity index (χ1v) is 7.32. The summed E-state index contributed by atoms with van der Waals surface area (Å²) in [6, 6.07) is 4.20. The topological polar surface area (TPSA) is 49.4 Å². The number of likely N-dealkylation sites (N-methyl/N-ethyl adjacent to an activating group) is 1. The highest BCUT2D eigenvalue weighted by Crippen LogP contribution is 2.24. The molecular formula is C12H17FN2O2S. The molecule has 0 aromatic heterocycles. The average Bonchev–Trinajstić information content (AvgIpc) is 2.80. The maximum atomic E-state index is 13.8. The van der Waals surface area contributed by atoms with Crippen LogP contribution in [-0.2, 0) is 10.0 Å². The van der Waals surface area contributed by atoms with E-state index in [1.165, 1.54) is 23.5 Å². The molecule has 1 aromatic carbocycles. The molecule has 0 saturated carbocycles. The van der Waals surface area contributed by atoms with Crippen LogP contribution in [-0.4, -0.2) is 38.9 Å². The van der Waals surface area contributed by atoms with Gasteiger partial charge in [-0.15, -0.1) is 0 Å². The predicted molar refractivity (Wildman–Crippen MR) is 67.4 cm³/mol. The second-order valence-electron chi connectivity index (χ2n) is 4.55. The van der Waals surface area contributed by atoms with Gasteiger partial charge in [0.2, 0.25) is 10.0 Å². The minimum atomic E-state index is -3.77. The molecule has 1 aliphatic heterocycles. The minimum absolute atomic E-state index is 0.103. The van der Waals surface area contributed by atoms with Gasteiger partial charge in [-0.2, -0.15) is 4.31 Å². The molecule has 4 nitrogen and oxygen atoms in total. The number of sulfonamides is 1. The van der Waals surface area contributed by atoms with E-state index >= 15 is 0 Å². The van der Waals surface area contributed by atoms with Crippen LogP contribution in [0.2, 0.25) is 0 Å². The van der Waals surface area contributed by atoms with Gasteiger partial charge in [0.1, 0.15) is 10.7 Å². The number of rotatable bonds is 3. The molecule has 2 rings (SSSR count). The van der Waals surface area contributed by atoms with Gasteiger partial charge >= 0.3 is 0 Å². The fourth-order valence-corrected chi connectivity index (χ4v) is 3.88. The zero-order valence-corrected chi connectivity index (χ0v) is 11.3. The first-order chi connectivity index (χ1) is 8.44. The van der Waals surface area contributed by atoms with E-state index in [2.05, 4.69) is 5.32 Å². The molecule has 1 saturated heterocycles. The molecule has 0 bridgehead atoms. The summed E-state index contributed by atoms with van der Waals surface area (Å²) in [5, 5.41) is 3.11. The largest absolute Gasteiger partial charge is 0.315 e. The number of halogens is 1. The molecule has 6 heteroatoms. The molecule has 1 aliphatic rings. The fraction of sp³-hybridized carbons (Fsp3) is 0.500. The predicted octanol–water partition coefficient (Wildman–Crippen LogP) is 1.12. The van der Waals surface area contributed by atoms with Crippen molar-refractivity contribution in [2.75, 3.05) is 20.1 Å². The lowest BCUT2D eigenvalue weighted by atomic mass is 10.2. The highest BCUT2D eigenvalue weighted by molar-refractivity contribution is 7.89. The standard InChI is InChI=1S/C12H17FN2O2S/c1-9-4-3-5-11(13)12(9)18(16,17)15(2)10-6-7-14-8-10/h3-5,10,14H,6-8H2,1-2H3. The third kappa shape index (κ3) is 2.28. The molecule has 0 amide bonds. The summed E-state index contributed by atoms with van der Waals surface area (Å²) in [6.07, 6.45) is 0.753.